The summed E-state index contributed by atoms with van der Waals surface area (Å²) in [4.78, 5) is 9.69. The highest BCUT2D eigenvalue weighted by Gasteiger charge is 1.83. The van der Waals surface area contributed by atoms with Crippen LogP contribution in [0.25, 0.3) is 0 Å². The molecule has 0 heterocycles. The van der Waals surface area contributed by atoms with Gasteiger partial charge in [0.1, 0.15) is 0 Å². The average Bonchev–Trinajstić information content (AvgIpc) is 1.35. The number of primary amides is 1. The number of thiocarbonyl (C=S) groups is 1. The number of rotatable bonds is 2. The van der Waals surface area contributed by atoms with Crippen molar-refractivity contribution in [2.75, 3.05) is 0 Å². The minimum Gasteiger partial charge on any atom is -0.369 e. The largest absolute Gasteiger partial charge is 0.369 e. The van der Waals surface area contributed by atoms with Crippen molar-refractivity contribution in [3.8, 4) is 0 Å². The second kappa shape index (κ2) is 2.78. The number of carbonyl (C=O) groups is 1. The molecule has 0 aliphatic rings. The summed E-state index contributed by atoms with van der Waals surface area (Å²) < 4.78 is 0. The van der Waals surface area contributed by atoms with E-state index < -0.39 is 5.91 Å². The van der Waals surface area contributed by atoms with E-state index in [0.717, 1.165) is 0 Å². The maximum atomic E-state index is 9.69. The highest BCUT2D eigenvalue weighted by Crippen LogP contribution is 1.64. The van der Waals surface area contributed by atoms with E-state index in [1.54, 1.807) is 0 Å². The van der Waals surface area contributed by atoms with Crippen molar-refractivity contribution in [2.45, 2.75) is 6.42 Å². The molecule has 0 saturated heterocycles. The van der Waals surface area contributed by atoms with Crippen molar-refractivity contribution in [1.29, 1.82) is 0 Å². The Morgan fingerprint density at radius 3 is 2.50 bits per heavy atom. The predicted molar refractivity (Wildman–Crippen MR) is 26.4 cm³/mol. The van der Waals surface area contributed by atoms with Gasteiger partial charge in [0, 0.05) is 5.37 Å². The molecule has 2 N–H and O–H groups in total. The van der Waals surface area contributed by atoms with Gasteiger partial charge in [0.15, 0.2) is 0 Å². The van der Waals surface area contributed by atoms with E-state index in [9.17, 15) is 4.79 Å². The standard InChI is InChI=1S/C3H4NOS/c4-3(5)1-2-6/h1H2,(H2,4,5). The Morgan fingerprint density at radius 2 is 2.50 bits per heavy atom. The highest BCUT2D eigenvalue weighted by molar-refractivity contribution is 7.79. The third kappa shape index (κ3) is 3.56. The zero-order chi connectivity index (χ0) is 4.99. The molecule has 0 saturated carbocycles. The molecule has 33 valence electrons. The maximum Gasteiger partial charge on any atom is 0.222 e. The van der Waals surface area contributed by atoms with Gasteiger partial charge in [-0.15, -0.1) is 0 Å². The second-order valence-electron chi connectivity index (χ2n) is 0.787. The number of nitrogens with two attached hydrogens (primary N) is 1. The van der Waals surface area contributed by atoms with Crippen molar-refractivity contribution in [3.63, 3.8) is 0 Å². The molecule has 0 aromatic heterocycles. The number of amides is 1. The number of hydrogen-bond donors (Lipinski definition) is 1. The fourth-order valence-corrected chi connectivity index (χ4v) is 0.213. The van der Waals surface area contributed by atoms with Gasteiger partial charge in [-0.2, -0.15) is 0 Å². The van der Waals surface area contributed by atoms with Gasteiger partial charge in [-0.05, 0) is 0 Å². The molecule has 3 heteroatoms. The molecule has 0 aliphatic carbocycles. The molecule has 1 radical (unpaired) electrons. The third-order valence-corrected chi connectivity index (χ3v) is 0.391. The summed E-state index contributed by atoms with van der Waals surface area (Å²) in [5.41, 5.74) is 4.63. The quantitative estimate of drug-likeness (QED) is 0.488. The molecule has 2 nitrogen and oxygen atoms in total. The van der Waals surface area contributed by atoms with Crippen LogP contribution in [0.15, 0.2) is 0 Å². The predicted octanol–water partition coefficient (Wildman–Crippen LogP) is -0.262. The second-order valence-corrected chi connectivity index (χ2v) is 1.08. The fraction of sp³-hybridized carbons (Fsp3) is 0.333. The molecular weight excluding hydrogens is 98.1 g/mol. The molecule has 0 fully saturated rings. The molecule has 0 rings (SSSR count). The molecule has 0 bridgehead atoms. The van der Waals surface area contributed by atoms with Crippen LogP contribution in [0.1, 0.15) is 6.42 Å². The van der Waals surface area contributed by atoms with Gasteiger partial charge in [0.2, 0.25) is 5.91 Å². The zero-order valence-corrected chi connectivity index (χ0v) is 3.92. The fourth-order valence-electron chi connectivity index (χ4n) is 0.0711. The molecule has 0 atom stereocenters. The first-order valence-corrected chi connectivity index (χ1v) is 1.81. The van der Waals surface area contributed by atoms with E-state index in [2.05, 4.69) is 23.3 Å². The van der Waals surface area contributed by atoms with Crippen LogP contribution in [-0.4, -0.2) is 11.3 Å². The molecule has 0 aromatic rings. The van der Waals surface area contributed by atoms with Crippen LogP contribution < -0.4 is 5.73 Å². The van der Waals surface area contributed by atoms with Crippen molar-refractivity contribution < 1.29 is 4.79 Å². The SMILES string of the molecule is NC(=O)C[C]=S. The van der Waals surface area contributed by atoms with Crippen LogP contribution in [0.5, 0.6) is 0 Å². The Bertz CT molecular complexity index is 71.2. The van der Waals surface area contributed by atoms with Crippen LogP contribution in [0.4, 0.5) is 0 Å². The first-order valence-electron chi connectivity index (χ1n) is 1.40. The molecular formula is C3H4NOS. The van der Waals surface area contributed by atoms with Gasteiger partial charge < -0.3 is 5.73 Å². The minimum absolute atomic E-state index is 0.0787. The van der Waals surface area contributed by atoms with Crippen molar-refractivity contribution in [3.05, 3.63) is 0 Å². The minimum atomic E-state index is -0.426. The molecule has 0 unspecified atom stereocenters. The lowest BCUT2D eigenvalue weighted by Gasteiger charge is -1.74. The Morgan fingerprint density at radius 1 is 2.00 bits per heavy atom. The van der Waals surface area contributed by atoms with Crippen molar-refractivity contribution >= 4 is 23.5 Å². The summed E-state index contributed by atoms with van der Waals surface area (Å²) in [6.45, 7) is 0. The summed E-state index contributed by atoms with van der Waals surface area (Å²) in [7, 11) is 0. The van der Waals surface area contributed by atoms with Crippen molar-refractivity contribution in [1.82, 2.24) is 0 Å². The Labute approximate surface area is 41.3 Å². The van der Waals surface area contributed by atoms with E-state index >= 15 is 0 Å². The van der Waals surface area contributed by atoms with E-state index in [-0.39, 0.29) is 6.42 Å². The first kappa shape index (κ1) is 5.56. The van der Waals surface area contributed by atoms with Gasteiger partial charge in [0.05, 0.1) is 6.42 Å². The molecule has 0 spiro atoms. The first-order chi connectivity index (χ1) is 2.77. The van der Waals surface area contributed by atoms with Gasteiger partial charge in [-0.1, -0.05) is 12.2 Å². The van der Waals surface area contributed by atoms with E-state index in [4.69, 9.17) is 0 Å². The highest BCUT2D eigenvalue weighted by atomic mass is 32.1. The van der Waals surface area contributed by atoms with E-state index in [1.165, 1.54) is 0 Å². The van der Waals surface area contributed by atoms with Crippen LogP contribution in [0.2, 0.25) is 0 Å². The zero-order valence-electron chi connectivity index (χ0n) is 3.10. The lowest BCUT2D eigenvalue weighted by Crippen LogP contribution is -2.09. The van der Waals surface area contributed by atoms with Crippen LogP contribution >= 0.6 is 12.2 Å². The van der Waals surface area contributed by atoms with Gasteiger partial charge >= 0.3 is 0 Å². The van der Waals surface area contributed by atoms with E-state index in [1.807, 2.05) is 0 Å². The van der Waals surface area contributed by atoms with Gasteiger partial charge in [0.25, 0.3) is 0 Å². The molecule has 6 heavy (non-hydrogen) atoms. The lowest BCUT2D eigenvalue weighted by molar-refractivity contribution is -0.116. The average molecular weight is 102 g/mol. The van der Waals surface area contributed by atoms with Gasteiger partial charge in [-0.3, -0.25) is 4.79 Å². The molecule has 0 aromatic carbocycles. The van der Waals surface area contributed by atoms with Crippen LogP contribution in [0, 0.1) is 0 Å². The Balaban J connectivity index is 3.05. The van der Waals surface area contributed by atoms with Gasteiger partial charge in [-0.25, -0.2) is 0 Å². The normalized spacial score (nSPS) is 7.33. The summed E-state index contributed by atoms with van der Waals surface area (Å²) in [5.74, 6) is -0.426. The summed E-state index contributed by atoms with van der Waals surface area (Å²) in [6.07, 6.45) is 0.0787. The topological polar surface area (TPSA) is 43.1 Å². The number of carbonyl (C=O) groups excluding carboxylic acids is 1. The maximum absolute atomic E-state index is 9.69. The lowest BCUT2D eigenvalue weighted by atomic mass is 10.5. The Hall–Kier alpha value is -0.440. The summed E-state index contributed by atoms with van der Waals surface area (Å²) in [5, 5.41) is 2.18. The molecule has 0 aliphatic heterocycles. The monoisotopic (exact) mass is 102 g/mol. The van der Waals surface area contributed by atoms with Crippen molar-refractivity contribution in [2.24, 2.45) is 5.73 Å². The number of hydrogen-bond acceptors (Lipinski definition) is 2. The Kier molecular flexibility index (Phi) is 2.58. The summed E-state index contributed by atoms with van der Waals surface area (Å²) in [6, 6.07) is 0. The van der Waals surface area contributed by atoms with E-state index in [0.29, 0.717) is 0 Å². The summed E-state index contributed by atoms with van der Waals surface area (Å²) >= 11 is 4.18. The molecule has 1 amide bonds. The third-order valence-electron chi connectivity index (χ3n) is 0.246. The van der Waals surface area contributed by atoms with Crippen LogP contribution in [0.3, 0.4) is 0 Å². The smallest absolute Gasteiger partial charge is 0.222 e. The van der Waals surface area contributed by atoms with Crippen LogP contribution in [-0.2, 0) is 4.79 Å².